The van der Waals surface area contributed by atoms with Gasteiger partial charge in [0.15, 0.2) is 0 Å². The molecule has 10 heteroatoms. The Labute approximate surface area is 183 Å². The van der Waals surface area contributed by atoms with E-state index >= 15 is 0 Å². The van der Waals surface area contributed by atoms with Crippen molar-refractivity contribution >= 4 is 29.5 Å². The van der Waals surface area contributed by atoms with E-state index in [2.05, 4.69) is 10.6 Å². The first-order valence-corrected chi connectivity index (χ1v) is 9.06. The van der Waals surface area contributed by atoms with Gasteiger partial charge < -0.3 is 25.2 Å². The van der Waals surface area contributed by atoms with Crippen LogP contribution in [0.15, 0.2) is 30.3 Å². The van der Waals surface area contributed by atoms with Crippen LogP contribution in [0.2, 0.25) is 0 Å². The Morgan fingerprint density at radius 2 is 1.96 bits per heavy atom. The standard InChI is InChI=1S/C17H21N3O5S.Na/c1-17(2)12(16(24)25)20-14(23)11(15(20)26-17)19-13(22)10(18-8-21)9-6-4-3-5-7-9;/h3-7,10-12,15,18,21H,8H2,1-2H3,(H,19,22)(H,24,25);/q;+1/p-1. The zero-order chi connectivity index (χ0) is 19.1. The van der Waals surface area contributed by atoms with Crippen LogP contribution in [0, 0.1) is 0 Å². The Kier molecular flexibility index (Phi) is 6.99. The third-order valence-corrected chi connectivity index (χ3v) is 6.22. The first-order chi connectivity index (χ1) is 12.3. The Morgan fingerprint density at radius 3 is 2.52 bits per heavy atom. The quantitative estimate of drug-likeness (QED) is 0.250. The maximum Gasteiger partial charge on any atom is 1.00 e. The number of hydrogen-bond acceptors (Lipinski definition) is 7. The summed E-state index contributed by atoms with van der Waals surface area (Å²) in [7, 11) is 0. The number of benzene rings is 1. The molecule has 0 radical (unpaired) electrons. The van der Waals surface area contributed by atoms with E-state index in [9.17, 15) is 24.6 Å². The molecule has 2 fully saturated rings. The fourth-order valence-corrected chi connectivity index (χ4v) is 5.08. The minimum Gasteiger partial charge on any atom is -0.548 e. The fourth-order valence-electron chi connectivity index (χ4n) is 3.46. The molecular weight excluding hydrogens is 381 g/mol. The maximum atomic E-state index is 12.7. The normalized spacial score (nSPS) is 26.4. The van der Waals surface area contributed by atoms with Gasteiger partial charge in [0.05, 0.1) is 18.7 Å². The second-order valence-corrected chi connectivity index (χ2v) is 8.54. The van der Waals surface area contributed by atoms with Crippen LogP contribution in [0.25, 0.3) is 0 Å². The number of hydrogen-bond donors (Lipinski definition) is 3. The molecule has 0 bridgehead atoms. The van der Waals surface area contributed by atoms with Gasteiger partial charge in [-0.25, -0.2) is 0 Å². The summed E-state index contributed by atoms with van der Waals surface area (Å²) in [5.74, 6) is -2.20. The molecule has 0 aromatic heterocycles. The van der Waals surface area contributed by atoms with Crippen LogP contribution >= 0.6 is 11.8 Å². The van der Waals surface area contributed by atoms with Crippen molar-refractivity contribution in [2.45, 2.75) is 42.1 Å². The molecule has 3 N–H and O–H groups in total. The molecule has 4 unspecified atom stereocenters. The van der Waals surface area contributed by atoms with Crippen molar-refractivity contribution in [3.63, 3.8) is 0 Å². The number of carbonyl (C=O) groups excluding carboxylic acids is 3. The number of nitrogens with zero attached hydrogens (tertiary/aromatic N) is 1. The fraction of sp³-hybridized carbons (Fsp3) is 0.471. The van der Waals surface area contributed by atoms with Gasteiger partial charge in [0.1, 0.15) is 17.5 Å². The molecule has 3 rings (SSSR count). The van der Waals surface area contributed by atoms with E-state index < -0.39 is 52.8 Å². The van der Waals surface area contributed by atoms with Crippen molar-refractivity contribution in [1.82, 2.24) is 15.5 Å². The smallest absolute Gasteiger partial charge is 0.548 e. The monoisotopic (exact) mass is 401 g/mol. The Hall–Kier alpha value is -1.10. The summed E-state index contributed by atoms with van der Waals surface area (Å²) < 4.78 is -0.708. The van der Waals surface area contributed by atoms with E-state index in [0.717, 1.165) is 0 Å². The summed E-state index contributed by atoms with van der Waals surface area (Å²) in [4.78, 5) is 37.8. The average molecular weight is 401 g/mol. The minimum atomic E-state index is -1.30. The summed E-state index contributed by atoms with van der Waals surface area (Å²) in [6, 6.07) is 6.17. The first-order valence-electron chi connectivity index (χ1n) is 8.18. The molecule has 27 heavy (non-hydrogen) atoms. The van der Waals surface area contributed by atoms with Crippen LogP contribution in [0.1, 0.15) is 25.5 Å². The van der Waals surface area contributed by atoms with Crippen molar-refractivity contribution in [3.05, 3.63) is 35.9 Å². The van der Waals surface area contributed by atoms with Gasteiger partial charge in [-0.2, -0.15) is 0 Å². The molecule has 0 aliphatic carbocycles. The Bertz CT molecular complexity index is 733. The van der Waals surface area contributed by atoms with Gasteiger partial charge in [0, 0.05) is 4.75 Å². The second kappa shape index (κ2) is 8.50. The molecule has 2 amide bonds. The summed E-state index contributed by atoms with van der Waals surface area (Å²) >= 11 is 1.33. The molecule has 0 spiro atoms. The molecule has 8 nitrogen and oxygen atoms in total. The predicted molar refractivity (Wildman–Crippen MR) is 92.4 cm³/mol. The van der Waals surface area contributed by atoms with E-state index in [1.807, 2.05) is 6.07 Å². The van der Waals surface area contributed by atoms with Crippen LogP contribution < -0.4 is 45.3 Å². The van der Waals surface area contributed by atoms with E-state index in [1.54, 1.807) is 38.1 Å². The zero-order valence-electron chi connectivity index (χ0n) is 15.3. The number of β-lactam (4-membered cyclic amide) rings is 1. The second-order valence-electron chi connectivity index (χ2n) is 6.77. The molecule has 2 aliphatic rings. The van der Waals surface area contributed by atoms with Gasteiger partial charge in [0.25, 0.3) is 0 Å². The van der Waals surface area contributed by atoms with Crippen LogP contribution in [0.5, 0.6) is 0 Å². The number of aliphatic hydroxyl groups is 1. The van der Waals surface area contributed by atoms with Gasteiger partial charge in [-0.1, -0.05) is 30.3 Å². The number of carbonyl (C=O) groups is 3. The summed E-state index contributed by atoms with van der Waals surface area (Å²) in [5.41, 5.74) is 0.648. The molecule has 2 aliphatic heterocycles. The number of amides is 2. The van der Waals surface area contributed by atoms with Crippen LogP contribution in [-0.2, 0) is 14.4 Å². The van der Waals surface area contributed by atoms with E-state index in [-0.39, 0.29) is 29.6 Å². The number of thioether (sulfide) groups is 1. The van der Waals surface area contributed by atoms with Crippen LogP contribution in [0.4, 0.5) is 0 Å². The van der Waals surface area contributed by atoms with Gasteiger partial charge in [-0.3, -0.25) is 14.9 Å². The van der Waals surface area contributed by atoms with Crippen LogP contribution in [0.3, 0.4) is 0 Å². The molecule has 0 saturated carbocycles. The Balaban J connectivity index is 0.00000261. The first kappa shape index (κ1) is 22.2. The van der Waals surface area contributed by atoms with Crippen molar-refractivity contribution < 1.29 is 54.2 Å². The predicted octanol–water partition coefficient (Wildman–Crippen LogP) is -4.43. The SMILES string of the molecule is CC1(C)SC2C(NC(=O)C(NCO)c3ccccc3)C(=O)N2C1C(=O)[O-].[Na+]. The number of carboxylic acid groups (broad SMARTS) is 1. The molecular formula is C17H20N3NaO5S. The maximum absolute atomic E-state index is 12.7. The number of fused-ring (bicyclic) bond motifs is 1. The van der Waals surface area contributed by atoms with Crippen molar-refractivity contribution in [2.75, 3.05) is 6.73 Å². The molecule has 1 aromatic carbocycles. The largest absolute Gasteiger partial charge is 1.00 e. The number of aliphatic carboxylic acids is 1. The molecule has 1 aromatic rings. The van der Waals surface area contributed by atoms with Gasteiger partial charge >= 0.3 is 29.6 Å². The summed E-state index contributed by atoms with van der Waals surface area (Å²) in [5, 5.41) is 25.5. The van der Waals surface area contributed by atoms with E-state index in [0.29, 0.717) is 5.56 Å². The summed E-state index contributed by atoms with van der Waals surface area (Å²) in [6.45, 7) is 3.07. The van der Waals surface area contributed by atoms with Crippen LogP contribution in [-0.4, -0.2) is 56.7 Å². The molecule has 4 atom stereocenters. The molecule has 2 heterocycles. The van der Waals surface area contributed by atoms with E-state index in [4.69, 9.17) is 0 Å². The third-order valence-electron chi connectivity index (χ3n) is 4.65. The van der Waals surface area contributed by atoms with Crippen molar-refractivity contribution in [3.8, 4) is 0 Å². The third kappa shape index (κ3) is 4.03. The van der Waals surface area contributed by atoms with Crippen molar-refractivity contribution in [1.29, 1.82) is 0 Å². The number of aliphatic hydroxyl groups excluding tert-OH is 1. The zero-order valence-corrected chi connectivity index (χ0v) is 18.2. The van der Waals surface area contributed by atoms with Crippen molar-refractivity contribution in [2.24, 2.45) is 0 Å². The van der Waals surface area contributed by atoms with Gasteiger partial charge in [0.2, 0.25) is 11.8 Å². The number of rotatable bonds is 6. The Morgan fingerprint density at radius 1 is 1.33 bits per heavy atom. The number of carboxylic acids is 1. The average Bonchev–Trinajstić information content (AvgIpc) is 2.86. The molecule has 140 valence electrons. The molecule has 2 saturated heterocycles. The topological polar surface area (TPSA) is 122 Å². The van der Waals surface area contributed by atoms with Gasteiger partial charge in [-0.15, -0.1) is 11.8 Å². The summed E-state index contributed by atoms with van der Waals surface area (Å²) in [6.07, 6.45) is 0. The van der Waals surface area contributed by atoms with E-state index in [1.165, 1.54) is 16.7 Å². The minimum absolute atomic E-state index is 0. The number of nitrogens with one attached hydrogen (secondary N) is 2. The van der Waals surface area contributed by atoms with Gasteiger partial charge in [-0.05, 0) is 19.4 Å².